The number of nitrogens with zero attached hydrogens (tertiary/aromatic N) is 3. The highest BCUT2D eigenvalue weighted by Crippen LogP contribution is 2.34. The average Bonchev–Trinajstić information content (AvgIpc) is 2.51. The van der Waals surface area contributed by atoms with Crippen molar-refractivity contribution in [3.63, 3.8) is 0 Å². The van der Waals surface area contributed by atoms with Gasteiger partial charge in [0.05, 0.1) is 16.4 Å². The number of amides is 2. The van der Waals surface area contributed by atoms with Crippen LogP contribution in [-0.4, -0.2) is 16.0 Å². The lowest BCUT2D eigenvalue weighted by Gasteiger charge is -2.23. The van der Waals surface area contributed by atoms with Crippen LogP contribution in [0.1, 0.15) is 24.1 Å². The summed E-state index contributed by atoms with van der Waals surface area (Å²) >= 11 is 18.4. The summed E-state index contributed by atoms with van der Waals surface area (Å²) in [5, 5.41) is 1.07. The van der Waals surface area contributed by atoms with Gasteiger partial charge in [0.2, 0.25) is 5.95 Å². The lowest BCUT2D eigenvalue weighted by molar-refractivity contribution is 0.256. The first kappa shape index (κ1) is 16.3. The number of carbonyl (C=O) groups is 1. The molecule has 0 radical (unpaired) electrons. The maximum absolute atomic E-state index is 12.0. The third-order valence-corrected chi connectivity index (χ3v) is 4.56. The van der Waals surface area contributed by atoms with Crippen LogP contribution in [0.15, 0.2) is 18.2 Å². The normalized spacial score (nSPS) is 13.5. The molecule has 0 bridgehead atoms. The zero-order chi connectivity index (χ0) is 16.6. The number of primary amides is 1. The van der Waals surface area contributed by atoms with Gasteiger partial charge in [-0.05, 0) is 43.9 Å². The quantitative estimate of drug-likeness (QED) is 0.788. The molecule has 0 fully saturated rings. The van der Waals surface area contributed by atoms with Gasteiger partial charge in [0.15, 0.2) is 0 Å². The number of fused-ring (bicyclic) bond motifs is 1. The highest BCUT2D eigenvalue weighted by molar-refractivity contribution is 6.36. The topological polar surface area (TPSA) is 72.1 Å². The van der Waals surface area contributed by atoms with Crippen molar-refractivity contribution in [1.82, 2.24) is 9.97 Å². The second-order valence-corrected chi connectivity index (χ2v) is 6.42. The maximum Gasteiger partial charge on any atom is 0.326 e. The minimum atomic E-state index is -0.763. The molecular weight excluding hydrogens is 359 g/mol. The summed E-state index contributed by atoms with van der Waals surface area (Å²) in [5.41, 5.74) is 7.60. The Morgan fingerprint density at radius 3 is 2.61 bits per heavy atom. The second kappa shape index (κ2) is 6.51. The summed E-state index contributed by atoms with van der Waals surface area (Å²) in [6.45, 7) is 0. The van der Waals surface area contributed by atoms with Crippen LogP contribution in [-0.2, 0) is 12.8 Å². The van der Waals surface area contributed by atoms with E-state index in [1.165, 1.54) is 6.07 Å². The zero-order valence-corrected chi connectivity index (χ0v) is 14.3. The molecule has 120 valence electrons. The molecule has 8 heteroatoms. The van der Waals surface area contributed by atoms with Gasteiger partial charge in [-0.25, -0.2) is 14.7 Å². The molecule has 5 nitrogen and oxygen atoms in total. The monoisotopic (exact) mass is 370 g/mol. The Kier molecular flexibility index (Phi) is 4.62. The van der Waals surface area contributed by atoms with Gasteiger partial charge in [-0.2, -0.15) is 4.98 Å². The highest BCUT2D eigenvalue weighted by Gasteiger charge is 2.25. The molecule has 2 aromatic rings. The summed E-state index contributed by atoms with van der Waals surface area (Å²) in [4.78, 5) is 21.8. The molecule has 2 amide bonds. The van der Waals surface area contributed by atoms with Gasteiger partial charge in [-0.3, -0.25) is 0 Å². The summed E-state index contributed by atoms with van der Waals surface area (Å²) in [6, 6.07) is 3.97. The molecule has 0 unspecified atom stereocenters. The molecular formula is C15H13Cl3N4O. The molecule has 2 N–H and O–H groups in total. The van der Waals surface area contributed by atoms with Crippen LogP contribution >= 0.6 is 34.8 Å². The van der Waals surface area contributed by atoms with E-state index in [0.717, 1.165) is 41.8 Å². The minimum absolute atomic E-state index is 0.104. The van der Waals surface area contributed by atoms with E-state index >= 15 is 0 Å². The number of aryl methyl sites for hydroxylation is 1. The van der Waals surface area contributed by atoms with Crippen molar-refractivity contribution < 1.29 is 4.79 Å². The third kappa shape index (κ3) is 3.22. The number of halogens is 3. The molecule has 0 atom stereocenters. The number of benzene rings is 1. The Bertz CT molecular complexity index is 782. The highest BCUT2D eigenvalue weighted by atomic mass is 35.5. The number of anilines is 2. The molecule has 1 aromatic heterocycles. The fraction of sp³-hybridized carbons (Fsp3) is 0.267. The maximum atomic E-state index is 12.0. The Balaban J connectivity index is 2.14. The lowest BCUT2D eigenvalue weighted by atomic mass is 9.97. The number of hydrogen-bond acceptors (Lipinski definition) is 3. The molecule has 0 spiro atoms. The zero-order valence-electron chi connectivity index (χ0n) is 12.0. The van der Waals surface area contributed by atoms with E-state index in [1.807, 2.05) is 0 Å². The number of nitrogens with two attached hydrogens (primary N) is 1. The molecule has 3 rings (SSSR count). The van der Waals surface area contributed by atoms with Gasteiger partial charge in [-0.15, -0.1) is 0 Å². The van der Waals surface area contributed by atoms with E-state index in [0.29, 0.717) is 20.9 Å². The van der Waals surface area contributed by atoms with Gasteiger partial charge in [0.25, 0.3) is 0 Å². The van der Waals surface area contributed by atoms with Crippen molar-refractivity contribution in [2.45, 2.75) is 25.7 Å². The molecule has 1 aromatic carbocycles. The Labute approximate surface area is 148 Å². The van der Waals surface area contributed by atoms with Crippen molar-refractivity contribution in [2.24, 2.45) is 5.73 Å². The first-order valence-corrected chi connectivity index (χ1v) is 8.20. The Morgan fingerprint density at radius 2 is 1.87 bits per heavy atom. The van der Waals surface area contributed by atoms with E-state index in [9.17, 15) is 4.79 Å². The number of rotatable bonds is 2. The van der Waals surface area contributed by atoms with Crippen molar-refractivity contribution in [2.75, 3.05) is 4.90 Å². The van der Waals surface area contributed by atoms with Crippen LogP contribution in [0.25, 0.3) is 0 Å². The number of aromatic nitrogens is 2. The van der Waals surface area contributed by atoms with Crippen LogP contribution in [0.5, 0.6) is 0 Å². The molecule has 1 aliphatic carbocycles. The summed E-state index contributed by atoms with van der Waals surface area (Å²) in [6.07, 6.45) is 3.70. The van der Waals surface area contributed by atoms with Crippen molar-refractivity contribution in [3.05, 3.63) is 44.7 Å². The van der Waals surface area contributed by atoms with Crippen LogP contribution in [0.4, 0.5) is 16.4 Å². The van der Waals surface area contributed by atoms with Crippen molar-refractivity contribution in [3.8, 4) is 0 Å². The SMILES string of the molecule is NC(=O)N(c1nc(Cl)c2c(n1)CCCC2)c1cc(Cl)ccc1Cl. The first-order chi connectivity index (χ1) is 11.0. The van der Waals surface area contributed by atoms with E-state index in [1.54, 1.807) is 12.1 Å². The number of hydrogen-bond donors (Lipinski definition) is 1. The van der Waals surface area contributed by atoms with E-state index < -0.39 is 6.03 Å². The smallest absolute Gasteiger partial charge is 0.326 e. The van der Waals surface area contributed by atoms with E-state index in [2.05, 4.69) is 9.97 Å². The first-order valence-electron chi connectivity index (χ1n) is 7.07. The fourth-order valence-corrected chi connectivity index (χ4v) is 3.27. The molecule has 0 aliphatic heterocycles. The Morgan fingerprint density at radius 1 is 1.13 bits per heavy atom. The fourth-order valence-electron chi connectivity index (χ4n) is 2.62. The lowest BCUT2D eigenvalue weighted by Crippen LogP contribution is -2.33. The van der Waals surface area contributed by atoms with E-state index in [-0.39, 0.29) is 5.95 Å². The Hall–Kier alpha value is -1.56. The molecule has 0 saturated carbocycles. The third-order valence-electron chi connectivity index (χ3n) is 3.69. The van der Waals surface area contributed by atoms with Gasteiger partial charge < -0.3 is 5.73 Å². The number of carbonyl (C=O) groups excluding carboxylic acids is 1. The van der Waals surface area contributed by atoms with Gasteiger partial charge in [0, 0.05) is 10.6 Å². The minimum Gasteiger partial charge on any atom is -0.351 e. The molecule has 0 saturated heterocycles. The molecule has 1 heterocycles. The predicted molar refractivity (Wildman–Crippen MR) is 91.9 cm³/mol. The van der Waals surface area contributed by atoms with Crippen LogP contribution in [0.3, 0.4) is 0 Å². The summed E-state index contributed by atoms with van der Waals surface area (Å²) in [5.74, 6) is 0.104. The van der Waals surface area contributed by atoms with Gasteiger partial charge in [0.1, 0.15) is 5.15 Å². The predicted octanol–water partition coefficient (Wildman–Crippen LogP) is 4.53. The summed E-state index contributed by atoms with van der Waals surface area (Å²) in [7, 11) is 0. The largest absolute Gasteiger partial charge is 0.351 e. The average molecular weight is 372 g/mol. The standard InChI is InChI=1S/C15H13Cl3N4O/c16-8-5-6-10(17)12(7-8)22(14(19)23)15-20-11-4-2-1-3-9(11)13(18)21-15/h5-7H,1-4H2,(H2,19,23). The van der Waals surface area contributed by atoms with Crippen molar-refractivity contribution in [1.29, 1.82) is 0 Å². The van der Waals surface area contributed by atoms with Crippen LogP contribution in [0.2, 0.25) is 15.2 Å². The molecule has 23 heavy (non-hydrogen) atoms. The van der Waals surface area contributed by atoms with Crippen molar-refractivity contribution >= 4 is 52.5 Å². The van der Waals surface area contributed by atoms with E-state index in [4.69, 9.17) is 40.5 Å². The molecule has 1 aliphatic rings. The van der Waals surface area contributed by atoms with Crippen LogP contribution in [0, 0.1) is 0 Å². The summed E-state index contributed by atoms with van der Waals surface area (Å²) < 4.78 is 0. The van der Waals surface area contributed by atoms with Gasteiger partial charge >= 0.3 is 6.03 Å². The van der Waals surface area contributed by atoms with Gasteiger partial charge in [-0.1, -0.05) is 34.8 Å². The number of urea groups is 1. The van der Waals surface area contributed by atoms with Crippen LogP contribution < -0.4 is 10.6 Å². The second-order valence-electron chi connectivity index (χ2n) is 5.22.